The van der Waals surface area contributed by atoms with Crippen molar-refractivity contribution < 1.29 is 23.0 Å². The van der Waals surface area contributed by atoms with Gasteiger partial charge in [0.25, 0.3) is 5.91 Å². The highest BCUT2D eigenvalue weighted by Gasteiger charge is 2.28. The van der Waals surface area contributed by atoms with Crippen LogP contribution >= 0.6 is 0 Å². The Bertz CT molecular complexity index is 832. The number of carbonyl (C=O) groups is 1. The molecule has 2 unspecified atom stereocenters. The zero-order valence-electron chi connectivity index (χ0n) is 17.3. The Kier molecular flexibility index (Phi) is 7.63. The van der Waals surface area contributed by atoms with Crippen LogP contribution in [0.15, 0.2) is 48.5 Å². The second-order valence-electron chi connectivity index (χ2n) is 7.65. The number of nitrogens with zero attached hydrogens (tertiary/aromatic N) is 1. The molecule has 30 heavy (non-hydrogen) atoms. The lowest BCUT2D eigenvalue weighted by Crippen LogP contribution is -2.28. The summed E-state index contributed by atoms with van der Waals surface area (Å²) in [7, 11) is 1.35. The lowest BCUT2D eigenvalue weighted by Gasteiger charge is -2.21. The van der Waals surface area contributed by atoms with Crippen molar-refractivity contribution in [1.29, 1.82) is 0 Å². The highest BCUT2D eigenvalue weighted by molar-refractivity contribution is 5.94. The van der Waals surface area contributed by atoms with Crippen LogP contribution in [-0.2, 0) is 6.54 Å². The Morgan fingerprint density at radius 2 is 1.97 bits per heavy atom. The summed E-state index contributed by atoms with van der Waals surface area (Å²) < 4.78 is 34.3. The molecule has 1 aliphatic rings. The summed E-state index contributed by atoms with van der Waals surface area (Å²) >= 11 is 0. The Hall–Kier alpha value is -2.67. The van der Waals surface area contributed by atoms with E-state index >= 15 is 0 Å². The van der Waals surface area contributed by atoms with Gasteiger partial charge in [-0.15, -0.1) is 0 Å². The fourth-order valence-corrected chi connectivity index (χ4v) is 3.96. The highest BCUT2D eigenvalue weighted by atomic mass is 19.3. The molecule has 7 heteroatoms. The minimum absolute atomic E-state index is 0.0949. The first kappa shape index (κ1) is 22.0. The molecule has 0 saturated carbocycles. The van der Waals surface area contributed by atoms with Crippen molar-refractivity contribution in [2.24, 2.45) is 5.92 Å². The van der Waals surface area contributed by atoms with Gasteiger partial charge in [-0.05, 0) is 49.4 Å². The quantitative estimate of drug-likeness (QED) is 0.659. The number of likely N-dealkylation sites (tertiary alicyclic amines) is 1. The number of ether oxygens (including phenoxy) is 2. The van der Waals surface area contributed by atoms with Crippen LogP contribution in [0.1, 0.15) is 35.7 Å². The lowest BCUT2D eigenvalue weighted by molar-refractivity contribution is -0.0512. The van der Waals surface area contributed by atoms with Crippen LogP contribution in [0, 0.1) is 5.92 Å². The fourth-order valence-electron chi connectivity index (χ4n) is 3.96. The van der Waals surface area contributed by atoms with Crippen LogP contribution in [0.5, 0.6) is 11.5 Å². The van der Waals surface area contributed by atoms with Crippen molar-refractivity contribution in [2.45, 2.75) is 39.0 Å². The zero-order valence-corrected chi connectivity index (χ0v) is 17.3. The third kappa shape index (κ3) is 5.92. The second kappa shape index (κ2) is 10.4. The van der Waals surface area contributed by atoms with Crippen LogP contribution in [0.25, 0.3) is 0 Å². The van der Waals surface area contributed by atoms with E-state index in [1.165, 1.54) is 30.9 Å². The van der Waals surface area contributed by atoms with Crippen molar-refractivity contribution >= 4 is 5.91 Å². The van der Waals surface area contributed by atoms with Gasteiger partial charge in [-0.3, -0.25) is 9.69 Å². The van der Waals surface area contributed by atoms with Gasteiger partial charge in [0.15, 0.2) is 11.5 Å². The van der Waals surface area contributed by atoms with E-state index in [9.17, 15) is 13.6 Å². The van der Waals surface area contributed by atoms with E-state index in [0.29, 0.717) is 24.1 Å². The molecular formula is C23H28F2N2O3. The number of rotatable bonds is 9. The maximum atomic E-state index is 12.4. The van der Waals surface area contributed by atoms with Gasteiger partial charge in [0.1, 0.15) is 0 Å². The summed E-state index contributed by atoms with van der Waals surface area (Å²) in [6.07, 6.45) is 2.00. The third-order valence-electron chi connectivity index (χ3n) is 5.50. The molecule has 1 aliphatic heterocycles. The molecular weight excluding hydrogens is 390 g/mol. The van der Waals surface area contributed by atoms with Crippen molar-refractivity contribution in [3.05, 3.63) is 59.7 Å². The largest absolute Gasteiger partial charge is 0.493 e. The summed E-state index contributed by atoms with van der Waals surface area (Å²) in [5.74, 6) is 0.274. The van der Waals surface area contributed by atoms with E-state index in [1.807, 2.05) is 6.07 Å². The predicted octanol–water partition coefficient (Wildman–Crippen LogP) is 4.33. The molecule has 2 atom stereocenters. The molecule has 2 aromatic carbocycles. The smallest absolute Gasteiger partial charge is 0.387 e. The molecule has 0 bridgehead atoms. The van der Waals surface area contributed by atoms with Gasteiger partial charge in [0.05, 0.1) is 7.11 Å². The molecule has 0 spiro atoms. The molecule has 0 aliphatic carbocycles. The number of alkyl halides is 2. The van der Waals surface area contributed by atoms with Gasteiger partial charge in [-0.2, -0.15) is 8.78 Å². The van der Waals surface area contributed by atoms with Crippen molar-refractivity contribution in [3.8, 4) is 11.5 Å². The van der Waals surface area contributed by atoms with Crippen LogP contribution in [0.3, 0.4) is 0 Å². The summed E-state index contributed by atoms with van der Waals surface area (Å²) in [5.41, 5.74) is 1.66. The highest BCUT2D eigenvalue weighted by Crippen LogP contribution is 2.30. The van der Waals surface area contributed by atoms with Gasteiger partial charge < -0.3 is 14.8 Å². The molecule has 0 radical (unpaired) electrons. The van der Waals surface area contributed by atoms with E-state index in [1.54, 1.807) is 0 Å². The summed E-state index contributed by atoms with van der Waals surface area (Å²) in [6, 6.07) is 15.1. The Morgan fingerprint density at radius 1 is 1.20 bits per heavy atom. The first-order valence-electron chi connectivity index (χ1n) is 10.1. The van der Waals surface area contributed by atoms with Crippen LogP contribution in [-0.4, -0.2) is 43.7 Å². The molecule has 1 heterocycles. The Labute approximate surface area is 176 Å². The molecule has 1 N–H and O–H groups in total. The third-order valence-corrected chi connectivity index (χ3v) is 5.50. The summed E-state index contributed by atoms with van der Waals surface area (Å²) in [5, 5.41) is 2.91. The Balaban J connectivity index is 1.47. The number of amides is 1. The van der Waals surface area contributed by atoms with Gasteiger partial charge in [0, 0.05) is 31.2 Å². The molecule has 1 amide bonds. The van der Waals surface area contributed by atoms with Crippen molar-refractivity contribution in [3.63, 3.8) is 0 Å². The number of halogens is 2. The average Bonchev–Trinajstić information content (AvgIpc) is 3.07. The van der Waals surface area contributed by atoms with Crippen LogP contribution in [0.4, 0.5) is 8.78 Å². The molecule has 2 aromatic rings. The van der Waals surface area contributed by atoms with E-state index < -0.39 is 6.61 Å². The standard InChI is InChI=1S/C23H28F2N2O3/c1-16-12-18(15-27(16)14-17-6-4-3-5-7-17)10-11-26-22(28)19-8-9-20(30-23(24)25)21(13-19)29-2/h3-9,13,16,18,23H,10-12,14-15H2,1-2H3,(H,26,28). The van der Waals surface area contributed by atoms with Gasteiger partial charge >= 0.3 is 6.61 Å². The molecule has 1 fully saturated rings. The number of carbonyl (C=O) groups excluding carboxylic acids is 1. The maximum absolute atomic E-state index is 12.4. The molecule has 162 valence electrons. The first-order chi connectivity index (χ1) is 14.5. The SMILES string of the molecule is COc1cc(C(=O)NCCC2CC(C)N(Cc3ccccc3)C2)ccc1OC(F)F. The fraction of sp³-hybridized carbons (Fsp3) is 0.435. The van der Waals surface area contributed by atoms with Crippen molar-refractivity contribution in [1.82, 2.24) is 10.2 Å². The minimum Gasteiger partial charge on any atom is -0.493 e. The zero-order chi connectivity index (χ0) is 21.5. The van der Waals surface area contributed by atoms with E-state index in [0.717, 1.165) is 25.9 Å². The molecule has 0 aromatic heterocycles. The Morgan fingerprint density at radius 3 is 2.67 bits per heavy atom. The van der Waals surface area contributed by atoms with Crippen molar-refractivity contribution in [2.75, 3.05) is 20.2 Å². The van der Waals surface area contributed by atoms with E-state index in [2.05, 4.69) is 46.1 Å². The molecule has 5 nitrogen and oxygen atoms in total. The summed E-state index contributed by atoms with van der Waals surface area (Å²) in [6.45, 7) is 1.81. The first-order valence-corrected chi connectivity index (χ1v) is 10.1. The van der Waals surface area contributed by atoms with Crippen LogP contribution < -0.4 is 14.8 Å². The molecule has 1 saturated heterocycles. The number of nitrogens with one attached hydrogen (secondary N) is 1. The van der Waals surface area contributed by atoms with E-state index in [-0.39, 0.29) is 17.4 Å². The minimum atomic E-state index is -2.95. The van der Waals surface area contributed by atoms with Gasteiger partial charge in [0.2, 0.25) is 0 Å². The average molecular weight is 418 g/mol. The topological polar surface area (TPSA) is 50.8 Å². The van der Waals surface area contributed by atoms with Crippen LogP contribution in [0.2, 0.25) is 0 Å². The maximum Gasteiger partial charge on any atom is 0.387 e. The van der Waals surface area contributed by atoms with Gasteiger partial charge in [-0.1, -0.05) is 30.3 Å². The number of hydrogen-bond donors (Lipinski definition) is 1. The normalized spacial score (nSPS) is 19.1. The number of benzene rings is 2. The molecule has 3 rings (SSSR count). The lowest BCUT2D eigenvalue weighted by atomic mass is 10.0. The number of methoxy groups -OCH3 is 1. The second-order valence-corrected chi connectivity index (χ2v) is 7.65. The predicted molar refractivity (Wildman–Crippen MR) is 111 cm³/mol. The van der Waals surface area contributed by atoms with Gasteiger partial charge in [-0.25, -0.2) is 0 Å². The monoisotopic (exact) mass is 418 g/mol. The van der Waals surface area contributed by atoms with E-state index in [4.69, 9.17) is 4.74 Å². The number of hydrogen-bond acceptors (Lipinski definition) is 4. The summed E-state index contributed by atoms with van der Waals surface area (Å²) in [4.78, 5) is 14.9.